The number of nitro benzene ring substituents is 1. The maximum Gasteiger partial charge on any atom is 0.416 e. The molecule has 0 bridgehead atoms. The molecule has 0 spiro atoms. The van der Waals surface area contributed by atoms with Crippen LogP contribution in [0.1, 0.15) is 23.7 Å². The molecule has 0 unspecified atom stereocenters. The van der Waals surface area contributed by atoms with E-state index >= 15 is 0 Å². The van der Waals surface area contributed by atoms with Gasteiger partial charge in [-0.2, -0.15) is 18.3 Å². The molecule has 0 aliphatic heterocycles. The number of rotatable bonds is 9. The Kier molecular flexibility index (Phi) is 7.79. The van der Waals surface area contributed by atoms with Crippen molar-refractivity contribution in [1.29, 1.82) is 0 Å². The molecule has 9 nitrogen and oxygen atoms in total. The molecule has 2 aromatic carbocycles. The summed E-state index contributed by atoms with van der Waals surface area (Å²) in [4.78, 5) is 26.3. The van der Waals surface area contributed by atoms with Crippen molar-refractivity contribution in [3.63, 3.8) is 0 Å². The zero-order valence-corrected chi connectivity index (χ0v) is 18.4. The monoisotopic (exact) mass is 494 g/mol. The molecule has 0 radical (unpaired) electrons. The molecule has 0 amide bonds. The first-order chi connectivity index (χ1) is 16.2. The number of aromatic nitrogens is 1. The van der Waals surface area contributed by atoms with Gasteiger partial charge in [-0.05, 0) is 37.3 Å². The normalized spacial score (nSPS) is 11.4. The van der Waals surface area contributed by atoms with Crippen LogP contribution in [-0.2, 0) is 22.1 Å². The minimum absolute atomic E-state index is 0.00569. The van der Waals surface area contributed by atoms with Gasteiger partial charge in [-0.15, -0.1) is 11.3 Å². The Morgan fingerprint density at radius 1 is 1.26 bits per heavy atom. The van der Waals surface area contributed by atoms with Crippen molar-refractivity contribution in [2.75, 3.05) is 12.0 Å². The van der Waals surface area contributed by atoms with Crippen LogP contribution >= 0.6 is 11.3 Å². The predicted molar refractivity (Wildman–Crippen MR) is 118 cm³/mol. The van der Waals surface area contributed by atoms with Crippen LogP contribution in [0.2, 0.25) is 0 Å². The van der Waals surface area contributed by atoms with Gasteiger partial charge < -0.3 is 9.47 Å². The van der Waals surface area contributed by atoms with Crippen molar-refractivity contribution in [2.24, 2.45) is 5.10 Å². The number of nitro groups is 1. The van der Waals surface area contributed by atoms with E-state index in [-0.39, 0.29) is 35.8 Å². The lowest BCUT2D eigenvalue weighted by molar-refractivity contribution is -0.384. The summed E-state index contributed by atoms with van der Waals surface area (Å²) in [6.07, 6.45) is -3.23. The second-order valence-corrected chi connectivity index (χ2v) is 7.46. The number of esters is 1. The summed E-state index contributed by atoms with van der Waals surface area (Å²) in [5.74, 6) is -0.171. The Morgan fingerprint density at radius 2 is 2.00 bits per heavy atom. The topological polar surface area (TPSA) is 116 Å². The van der Waals surface area contributed by atoms with E-state index in [2.05, 4.69) is 15.5 Å². The average Bonchev–Trinajstić information content (AvgIpc) is 3.21. The van der Waals surface area contributed by atoms with E-state index < -0.39 is 22.6 Å². The van der Waals surface area contributed by atoms with E-state index in [0.717, 1.165) is 24.3 Å². The lowest BCUT2D eigenvalue weighted by Crippen LogP contribution is -2.07. The highest BCUT2D eigenvalue weighted by atomic mass is 32.1. The molecular weight excluding hydrogens is 477 g/mol. The lowest BCUT2D eigenvalue weighted by atomic mass is 10.2. The maximum atomic E-state index is 12.8. The second kappa shape index (κ2) is 10.7. The van der Waals surface area contributed by atoms with E-state index in [4.69, 9.17) is 9.47 Å². The molecular formula is C21H17F3N4O5S. The van der Waals surface area contributed by atoms with Crippen LogP contribution in [0.25, 0.3) is 0 Å². The van der Waals surface area contributed by atoms with Gasteiger partial charge in [0, 0.05) is 23.1 Å². The number of non-ortho nitro benzene ring substituents is 1. The number of hydrogen-bond acceptors (Lipinski definition) is 9. The Morgan fingerprint density at radius 3 is 2.65 bits per heavy atom. The van der Waals surface area contributed by atoms with Crippen molar-refractivity contribution in [3.05, 3.63) is 74.8 Å². The molecule has 0 aliphatic carbocycles. The van der Waals surface area contributed by atoms with Crippen molar-refractivity contribution in [1.82, 2.24) is 4.98 Å². The van der Waals surface area contributed by atoms with Gasteiger partial charge in [0.2, 0.25) is 5.13 Å². The molecule has 1 N–H and O–H groups in total. The van der Waals surface area contributed by atoms with Crippen LogP contribution < -0.4 is 10.2 Å². The van der Waals surface area contributed by atoms with Gasteiger partial charge in [0.15, 0.2) is 0 Å². The maximum absolute atomic E-state index is 12.8. The first-order valence-corrected chi connectivity index (χ1v) is 10.6. The van der Waals surface area contributed by atoms with Gasteiger partial charge >= 0.3 is 12.1 Å². The summed E-state index contributed by atoms with van der Waals surface area (Å²) in [6, 6.07) is 7.75. The van der Waals surface area contributed by atoms with E-state index in [1.807, 2.05) is 0 Å². The summed E-state index contributed by atoms with van der Waals surface area (Å²) in [5, 5.41) is 17.2. The number of nitrogens with zero attached hydrogens (tertiary/aromatic N) is 3. The van der Waals surface area contributed by atoms with Crippen molar-refractivity contribution < 1.29 is 32.4 Å². The summed E-state index contributed by atoms with van der Waals surface area (Å²) in [5.41, 5.74) is 2.28. The number of benzene rings is 2. The van der Waals surface area contributed by atoms with Crippen molar-refractivity contribution >= 4 is 34.3 Å². The zero-order valence-electron chi connectivity index (χ0n) is 17.5. The van der Waals surface area contributed by atoms with Crippen LogP contribution in [0.5, 0.6) is 11.5 Å². The molecule has 3 rings (SSSR count). The molecule has 0 saturated carbocycles. The lowest BCUT2D eigenvalue weighted by Gasteiger charge is -2.10. The predicted octanol–water partition coefficient (Wildman–Crippen LogP) is 5.41. The number of carbonyl (C=O) groups excluding carboxylic acids is 1. The standard InChI is InChI=1S/C21H17F3N4O5S/c1-2-32-19(29)10-15-12-34-20(26-15)27-25-11-13-9-16(28(30)31)5-8-18(13)33-17-6-3-14(4-7-17)21(22,23)24/h3-9,11-12H,2,10H2,1H3,(H,26,27). The van der Waals surface area contributed by atoms with Crippen molar-refractivity contribution in [3.8, 4) is 11.5 Å². The molecule has 3 aromatic rings. The number of nitrogens with one attached hydrogen (secondary N) is 1. The van der Waals surface area contributed by atoms with Gasteiger partial charge in [-0.1, -0.05) is 0 Å². The van der Waals surface area contributed by atoms with Crippen LogP contribution in [0.4, 0.5) is 24.0 Å². The highest BCUT2D eigenvalue weighted by Gasteiger charge is 2.30. The number of hydrazone groups is 1. The first-order valence-electron chi connectivity index (χ1n) is 9.68. The van der Waals surface area contributed by atoms with Crippen LogP contribution in [0.15, 0.2) is 52.9 Å². The SMILES string of the molecule is CCOC(=O)Cc1csc(NN=Cc2cc([N+](=O)[O-])ccc2Oc2ccc(C(F)(F)F)cc2)n1. The molecule has 1 aromatic heterocycles. The summed E-state index contributed by atoms with van der Waals surface area (Å²) in [6.45, 7) is 1.96. The van der Waals surface area contributed by atoms with E-state index in [9.17, 15) is 28.1 Å². The number of halogens is 3. The minimum Gasteiger partial charge on any atom is -0.466 e. The largest absolute Gasteiger partial charge is 0.466 e. The quantitative estimate of drug-likeness (QED) is 0.183. The van der Waals surface area contributed by atoms with Gasteiger partial charge in [0.05, 0.1) is 35.4 Å². The van der Waals surface area contributed by atoms with Crippen LogP contribution in [0, 0.1) is 10.1 Å². The fourth-order valence-corrected chi connectivity index (χ4v) is 3.30. The van der Waals surface area contributed by atoms with Gasteiger partial charge in [-0.3, -0.25) is 20.3 Å². The summed E-state index contributed by atoms with van der Waals surface area (Å²) >= 11 is 1.19. The number of alkyl halides is 3. The molecule has 1 heterocycles. The number of carbonyl (C=O) groups is 1. The number of ether oxygens (including phenoxy) is 2. The smallest absolute Gasteiger partial charge is 0.416 e. The molecule has 0 aliphatic rings. The van der Waals surface area contributed by atoms with Gasteiger partial charge in [0.25, 0.3) is 5.69 Å². The second-order valence-electron chi connectivity index (χ2n) is 6.60. The van der Waals surface area contributed by atoms with E-state index in [0.29, 0.717) is 10.8 Å². The number of anilines is 1. The first kappa shape index (κ1) is 24.6. The molecule has 34 heavy (non-hydrogen) atoms. The molecule has 178 valence electrons. The Bertz CT molecular complexity index is 1200. The van der Waals surface area contributed by atoms with Crippen molar-refractivity contribution in [2.45, 2.75) is 19.5 Å². The van der Waals surface area contributed by atoms with Crippen LogP contribution in [0.3, 0.4) is 0 Å². The third kappa shape index (κ3) is 6.75. The fraction of sp³-hybridized carbons (Fsp3) is 0.190. The highest BCUT2D eigenvalue weighted by Crippen LogP contribution is 2.32. The van der Waals surface area contributed by atoms with Crippen LogP contribution in [-0.4, -0.2) is 28.7 Å². The molecule has 0 atom stereocenters. The third-order valence-electron chi connectivity index (χ3n) is 4.16. The van der Waals surface area contributed by atoms with Gasteiger partial charge in [-0.25, -0.2) is 4.98 Å². The average molecular weight is 494 g/mol. The Balaban J connectivity index is 1.75. The molecule has 13 heteroatoms. The fourth-order valence-electron chi connectivity index (χ4n) is 2.64. The van der Waals surface area contributed by atoms with Gasteiger partial charge in [0.1, 0.15) is 11.5 Å². The zero-order chi connectivity index (χ0) is 24.7. The highest BCUT2D eigenvalue weighted by molar-refractivity contribution is 7.13. The van der Waals surface area contributed by atoms with E-state index in [1.165, 1.54) is 35.8 Å². The number of hydrogen-bond donors (Lipinski definition) is 1. The summed E-state index contributed by atoms with van der Waals surface area (Å²) < 4.78 is 48.7. The third-order valence-corrected chi connectivity index (χ3v) is 4.96. The Labute approximate surface area is 195 Å². The van der Waals surface area contributed by atoms with E-state index in [1.54, 1.807) is 12.3 Å². The number of thiazole rings is 1. The summed E-state index contributed by atoms with van der Waals surface area (Å²) in [7, 11) is 0. The molecule has 0 fully saturated rings. The minimum atomic E-state index is -4.48. The molecule has 0 saturated heterocycles. The Hall–Kier alpha value is -4.00.